The van der Waals surface area contributed by atoms with Crippen molar-refractivity contribution in [3.05, 3.63) is 48.5 Å². The number of likely N-dealkylation sites (tertiary alicyclic amines) is 1. The molecule has 1 saturated heterocycles. The minimum atomic E-state index is 0. The number of hydrogen-bond donors (Lipinski definition) is 2. The van der Waals surface area contributed by atoms with Crippen LogP contribution in [0.25, 0.3) is 0 Å². The van der Waals surface area contributed by atoms with E-state index in [1.165, 1.54) is 24.8 Å². The number of nitrogens with zero attached hydrogens (tertiary/aromatic N) is 4. The first-order valence-corrected chi connectivity index (χ1v) is 10.7. The second-order valence-electron chi connectivity index (χ2n) is 7.33. The van der Waals surface area contributed by atoms with Crippen molar-refractivity contribution in [1.82, 2.24) is 25.1 Å². The van der Waals surface area contributed by atoms with Crippen LogP contribution in [0.1, 0.15) is 37.8 Å². The molecule has 0 amide bonds. The molecular weight excluding hydrogens is 491 g/mol. The maximum Gasteiger partial charge on any atom is 0.191 e. The molecule has 0 radical (unpaired) electrons. The third kappa shape index (κ3) is 7.46. The quantitative estimate of drug-likeness (QED) is 0.298. The van der Waals surface area contributed by atoms with Gasteiger partial charge < -0.3 is 19.9 Å². The molecule has 1 atom stereocenters. The fraction of sp³-hybridized carbons (Fsp3) is 0.545. The van der Waals surface area contributed by atoms with Crippen molar-refractivity contribution < 1.29 is 4.74 Å². The van der Waals surface area contributed by atoms with Crippen LogP contribution in [0.5, 0.6) is 5.75 Å². The maximum absolute atomic E-state index is 5.33. The van der Waals surface area contributed by atoms with Gasteiger partial charge in [0.2, 0.25) is 0 Å². The second-order valence-corrected chi connectivity index (χ2v) is 7.33. The minimum Gasteiger partial charge on any atom is -0.497 e. The van der Waals surface area contributed by atoms with Crippen LogP contribution in [0.3, 0.4) is 0 Å². The molecule has 0 aliphatic carbocycles. The van der Waals surface area contributed by atoms with Crippen LogP contribution < -0.4 is 15.4 Å². The summed E-state index contributed by atoms with van der Waals surface area (Å²) in [6.07, 6.45) is 9.47. The van der Waals surface area contributed by atoms with E-state index in [4.69, 9.17) is 9.73 Å². The Labute approximate surface area is 197 Å². The Morgan fingerprint density at radius 3 is 2.57 bits per heavy atom. The summed E-state index contributed by atoms with van der Waals surface area (Å²) in [7, 11) is 1.71. The topological polar surface area (TPSA) is 66.7 Å². The summed E-state index contributed by atoms with van der Waals surface area (Å²) in [6, 6.07) is 8.72. The highest BCUT2D eigenvalue weighted by Gasteiger charge is 2.22. The lowest BCUT2D eigenvalue weighted by atomic mass is 10.0. The van der Waals surface area contributed by atoms with Crippen molar-refractivity contribution in [3.63, 3.8) is 0 Å². The molecule has 1 fully saturated rings. The van der Waals surface area contributed by atoms with Gasteiger partial charge in [0.25, 0.3) is 0 Å². The number of piperidine rings is 1. The SMILES string of the molecule is CCNC(=NCC(c1ccc(OC)cc1)N1CCCCC1)NCCn1ccnc1.I. The van der Waals surface area contributed by atoms with Gasteiger partial charge in [0.1, 0.15) is 5.75 Å². The summed E-state index contributed by atoms with van der Waals surface area (Å²) in [5.41, 5.74) is 1.30. The summed E-state index contributed by atoms with van der Waals surface area (Å²) in [5.74, 6) is 1.76. The number of halogens is 1. The smallest absolute Gasteiger partial charge is 0.191 e. The largest absolute Gasteiger partial charge is 0.497 e. The summed E-state index contributed by atoms with van der Waals surface area (Å²) < 4.78 is 7.39. The van der Waals surface area contributed by atoms with E-state index in [1.807, 2.05) is 24.7 Å². The Morgan fingerprint density at radius 1 is 1.17 bits per heavy atom. The van der Waals surface area contributed by atoms with Gasteiger partial charge in [-0.25, -0.2) is 4.98 Å². The minimum absolute atomic E-state index is 0. The zero-order valence-corrected chi connectivity index (χ0v) is 20.4. The number of imidazole rings is 1. The molecule has 1 aliphatic heterocycles. The van der Waals surface area contributed by atoms with Crippen LogP contribution >= 0.6 is 24.0 Å². The number of benzene rings is 1. The predicted molar refractivity (Wildman–Crippen MR) is 133 cm³/mol. The molecule has 30 heavy (non-hydrogen) atoms. The van der Waals surface area contributed by atoms with Crippen molar-refractivity contribution in [2.45, 2.75) is 38.8 Å². The third-order valence-electron chi connectivity index (χ3n) is 5.32. The average molecular weight is 526 g/mol. The molecule has 1 aromatic heterocycles. The first-order valence-electron chi connectivity index (χ1n) is 10.7. The number of ether oxygens (including phenoxy) is 1. The van der Waals surface area contributed by atoms with Crippen LogP contribution in [0, 0.1) is 0 Å². The predicted octanol–water partition coefficient (Wildman–Crippen LogP) is 3.29. The standard InChI is InChI=1S/C22H34N6O.HI/c1-3-24-22(25-12-16-27-15-11-23-18-27)26-17-21(28-13-5-4-6-14-28)19-7-9-20(29-2)10-8-19;/h7-11,15,18,21H,3-6,12-14,16-17H2,1-2H3,(H2,24,25,26);1H. The van der Waals surface area contributed by atoms with E-state index < -0.39 is 0 Å². The fourth-order valence-electron chi connectivity index (χ4n) is 3.73. The lowest BCUT2D eigenvalue weighted by Crippen LogP contribution is -2.40. The van der Waals surface area contributed by atoms with E-state index in [1.54, 1.807) is 13.3 Å². The van der Waals surface area contributed by atoms with Gasteiger partial charge in [-0.1, -0.05) is 18.6 Å². The lowest BCUT2D eigenvalue weighted by molar-refractivity contribution is 0.167. The summed E-state index contributed by atoms with van der Waals surface area (Å²) in [6.45, 7) is 7.60. The number of methoxy groups -OCH3 is 1. The van der Waals surface area contributed by atoms with Crippen LogP contribution in [-0.4, -0.2) is 60.2 Å². The van der Waals surface area contributed by atoms with Gasteiger partial charge in [-0.2, -0.15) is 0 Å². The third-order valence-corrected chi connectivity index (χ3v) is 5.32. The number of aromatic nitrogens is 2. The van der Waals surface area contributed by atoms with Crippen molar-refractivity contribution in [3.8, 4) is 5.75 Å². The number of aliphatic imine (C=N–C) groups is 1. The number of nitrogens with one attached hydrogen (secondary N) is 2. The molecule has 3 rings (SSSR count). The van der Waals surface area contributed by atoms with E-state index in [2.05, 4.69) is 44.1 Å². The zero-order valence-electron chi connectivity index (χ0n) is 18.1. The van der Waals surface area contributed by atoms with E-state index in [0.717, 1.165) is 51.0 Å². The van der Waals surface area contributed by atoms with Crippen molar-refractivity contribution >= 4 is 29.9 Å². The summed E-state index contributed by atoms with van der Waals surface area (Å²) >= 11 is 0. The van der Waals surface area contributed by atoms with Gasteiger partial charge in [0, 0.05) is 32.0 Å². The zero-order chi connectivity index (χ0) is 20.3. The molecule has 2 aromatic rings. The molecule has 1 aliphatic rings. The molecule has 0 spiro atoms. The van der Waals surface area contributed by atoms with E-state index in [9.17, 15) is 0 Å². The van der Waals surface area contributed by atoms with Gasteiger partial charge in [0.15, 0.2) is 5.96 Å². The molecule has 8 heteroatoms. The highest BCUT2D eigenvalue weighted by molar-refractivity contribution is 14.0. The average Bonchev–Trinajstić information content (AvgIpc) is 3.28. The number of hydrogen-bond acceptors (Lipinski definition) is 4. The normalized spacial score (nSPS) is 15.9. The van der Waals surface area contributed by atoms with Gasteiger partial charge in [0.05, 0.1) is 26.0 Å². The Morgan fingerprint density at radius 2 is 1.93 bits per heavy atom. The molecule has 0 bridgehead atoms. The van der Waals surface area contributed by atoms with Gasteiger partial charge in [-0.3, -0.25) is 9.89 Å². The molecule has 2 heterocycles. The highest BCUT2D eigenvalue weighted by Crippen LogP contribution is 2.26. The molecule has 166 valence electrons. The first kappa shape index (κ1) is 24.5. The van der Waals surface area contributed by atoms with E-state index in [0.29, 0.717) is 0 Å². The van der Waals surface area contributed by atoms with Crippen molar-refractivity contribution in [2.75, 3.05) is 39.8 Å². The molecule has 7 nitrogen and oxygen atoms in total. The molecule has 1 aromatic carbocycles. The Bertz CT molecular complexity index is 729. The van der Waals surface area contributed by atoms with Gasteiger partial charge >= 0.3 is 0 Å². The lowest BCUT2D eigenvalue weighted by Gasteiger charge is -2.34. The molecular formula is C22H35IN6O. The number of guanidine groups is 1. The summed E-state index contributed by atoms with van der Waals surface area (Å²) in [5, 5.41) is 6.80. The van der Waals surface area contributed by atoms with E-state index in [-0.39, 0.29) is 30.0 Å². The van der Waals surface area contributed by atoms with Crippen LogP contribution in [0.15, 0.2) is 48.0 Å². The number of rotatable bonds is 9. The molecule has 2 N–H and O–H groups in total. The van der Waals surface area contributed by atoms with Gasteiger partial charge in [-0.15, -0.1) is 24.0 Å². The molecule has 1 unspecified atom stereocenters. The van der Waals surface area contributed by atoms with Crippen molar-refractivity contribution in [2.24, 2.45) is 4.99 Å². The monoisotopic (exact) mass is 526 g/mol. The first-order chi connectivity index (χ1) is 14.3. The van der Waals surface area contributed by atoms with Crippen LogP contribution in [0.2, 0.25) is 0 Å². The van der Waals surface area contributed by atoms with Gasteiger partial charge in [-0.05, 0) is 50.6 Å². The maximum atomic E-state index is 5.33. The molecule has 0 saturated carbocycles. The summed E-state index contributed by atoms with van der Waals surface area (Å²) in [4.78, 5) is 11.6. The van der Waals surface area contributed by atoms with Crippen molar-refractivity contribution in [1.29, 1.82) is 0 Å². The van der Waals surface area contributed by atoms with Crippen LogP contribution in [-0.2, 0) is 6.54 Å². The van der Waals surface area contributed by atoms with Crippen LogP contribution in [0.4, 0.5) is 0 Å². The van der Waals surface area contributed by atoms with E-state index >= 15 is 0 Å². The fourth-order valence-corrected chi connectivity index (χ4v) is 3.73. The Hall–Kier alpha value is -1.81. The Kier molecular flexibility index (Phi) is 11.0. The Balaban J connectivity index is 0.00000320. The highest BCUT2D eigenvalue weighted by atomic mass is 127. The second kappa shape index (κ2) is 13.5.